The first-order valence-electron chi connectivity index (χ1n) is 7.11. The number of halogens is 4. The maximum Gasteiger partial charge on any atom is 0.416 e. The molecule has 1 aromatic carbocycles. The lowest BCUT2D eigenvalue weighted by atomic mass is 9.98. The van der Waals surface area contributed by atoms with Crippen molar-refractivity contribution in [2.75, 3.05) is 6.61 Å². The second-order valence-electron chi connectivity index (χ2n) is 5.05. The van der Waals surface area contributed by atoms with Gasteiger partial charge in [-0.05, 0) is 36.3 Å². The average Bonchev–Trinajstić information content (AvgIpc) is 2.78. The van der Waals surface area contributed by atoms with Crippen molar-refractivity contribution in [3.8, 4) is 5.75 Å². The summed E-state index contributed by atoms with van der Waals surface area (Å²) in [6.45, 7) is 2.07. The van der Waals surface area contributed by atoms with E-state index in [1.165, 1.54) is 12.1 Å². The van der Waals surface area contributed by atoms with Gasteiger partial charge in [0.15, 0.2) is 12.0 Å². The van der Waals surface area contributed by atoms with Crippen molar-refractivity contribution in [1.82, 2.24) is 0 Å². The van der Waals surface area contributed by atoms with Gasteiger partial charge >= 0.3 is 6.18 Å². The van der Waals surface area contributed by atoms with Crippen LogP contribution in [0, 0.1) is 0 Å². The van der Waals surface area contributed by atoms with E-state index < -0.39 is 23.6 Å². The van der Waals surface area contributed by atoms with Gasteiger partial charge in [-0.2, -0.15) is 13.2 Å². The van der Waals surface area contributed by atoms with Crippen LogP contribution in [0.1, 0.15) is 24.5 Å². The third kappa shape index (κ3) is 3.84. The van der Waals surface area contributed by atoms with E-state index in [9.17, 15) is 18.0 Å². The summed E-state index contributed by atoms with van der Waals surface area (Å²) in [5.74, 6) is -0.809. The van der Waals surface area contributed by atoms with Gasteiger partial charge < -0.3 is 15.2 Å². The molecular formula is C16H15ClF3NO3. The van der Waals surface area contributed by atoms with Crippen LogP contribution in [-0.2, 0) is 15.7 Å². The standard InChI is InChI=1S/C16H15ClF3NO3/c1-2-5-23-11-7-9(6-10(8-11)16(18,19)20)13-14(22)12(3-4-17)24-15(13)21/h3-4,6-8,12H,2,5,21H2,1H3. The highest BCUT2D eigenvalue weighted by atomic mass is 35.5. The Morgan fingerprint density at radius 3 is 2.67 bits per heavy atom. The lowest BCUT2D eigenvalue weighted by molar-refractivity contribution is -0.137. The molecule has 0 saturated heterocycles. The van der Waals surface area contributed by atoms with Crippen molar-refractivity contribution < 1.29 is 27.4 Å². The first-order valence-corrected chi connectivity index (χ1v) is 7.54. The van der Waals surface area contributed by atoms with Gasteiger partial charge in [0, 0.05) is 5.54 Å². The van der Waals surface area contributed by atoms with Crippen molar-refractivity contribution in [1.29, 1.82) is 0 Å². The molecule has 0 fully saturated rings. The van der Waals surface area contributed by atoms with E-state index in [2.05, 4.69) is 0 Å². The molecule has 8 heteroatoms. The summed E-state index contributed by atoms with van der Waals surface area (Å²) in [6, 6.07) is 3.06. The van der Waals surface area contributed by atoms with E-state index in [1.807, 2.05) is 6.92 Å². The SMILES string of the molecule is CCCOc1cc(C2=C(N)OC(C=CCl)C2=O)cc(C(F)(F)F)c1. The van der Waals surface area contributed by atoms with Gasteiger partial charge in [0.2, 0.25) is 5.78 Å². The fourth-order valence-electron chi connectivity index (χ4n) is 2.20. The molecule has 0 aromatic heterocycles. The average molecular weight is 362 g/mol. The molecule has 0 aliphatic carbocycles. The zero-order valence-electron chi connectivity index (χ0n) is 12.7. The summed E-state index contributed by atoms with van der Waals surface area (Å²) < 4.78 is 49.7. The minimum atomic E-state index is -4.59. The second kappa shape index (κ2) is 7.17. The predicted octanol–water partition coefficient (Wildman–Crippen LogP) is 3.84. The summed E-state index contributed by atoms with van der Waals surface area (Å²) in [5.41, 5.74) is 5.69. The molecule has 0 amide bonds. The molecule has 0 radical (unpaired) electrons. The molecule has 1 aromatic rings. The Bertz CT molecular complexity index is 698. The summed E-state index contributed by atoms with van der Waals surface area (Å²) in [6.07, 6.45) is -3.76. The van der Waals surface area contributed by atoms with Gasteiger partial charge in [0.05, 0.1) is 17.7 Å². The summed E-state index contributed by atoms with van der Waals surface area (Å²) in [5, 5.41) is 0. The first kappa shape index (κ1) is 18.2. The number of alkyl halides is 3. The quantitative estimate of drug-likeness (QED) is 0.865. The van der Waals surface area contributed by atoms with Gasteiger partial charge in [-0.1, -0.05) is 18.5 Å². The van der Waals surface area contributed by atoms with Crippen molar-refractivity contribution in [2.45, 2.75) is 25.6 Å². The first-order chi connectivity index (χ1) is 11.3. The molecule has 1 aliphatic heterocycles. The highest BCUT2D eigenvalue weighted by molar-refractivity contribution is 6.28. The largest absolute Gasteiger partial charge is 0.494 e. The van der Waals surface area contributed by atoms with E-state index in [0.29, 0.717) is 6.42 Å². The molecule has 1 heterocycles. The number of hydrogen-bond donors (Lipinski definition) is 1. The number of nitrogens with two attached hydrogens (primary N) is 1. The highest BCUT2D eigenvalue weighted by Crippen LogP contribution is 2.37. The molecule has 130 valence electrons. The zero-order chi connectivity index (χ0) is 17.9. The molecule has 0 spiro atoms. The van der Waals surface area contributed by atoms with Crippen molar-refractivity contribution >= 4 is 23.0 Å². The number of carbonyl (C=O) groups excluding carboxylic acids is 1. The lowest BCUT2D eigenvalue weighted by Gasteiger charge is -2.13. The molecule has 0 saturated carbocycles. The number of hydrogen-bond acceptors (Lipinski definition) is 4. The van der Waals surface area contributed by atoms with Crippen molar-refractivity contribution in [2.24, 2.45) is 5.73 Å². The smallest absolute Gasteiger partial charge is 0.416 e. The summed E-state index contributed by atoms with van der Waals surface area (Å²) in [7, 11) is 0. The monoisotopic (exact) mass is 361 g/mol. The summed E-state index contributed by atoms with van der Waals surface area (Å²) in [4.78, 5) is 12.3. The number of ketones is 1. The Kier molecular flexibility index (Phi) is 5.43. The van der Waals surface area contributed by atoms with E-state index in [0.717, 1.165) is 17.7 Å². The van der Waals surface area contributed by atoms with Crippen LogP contribution in [0.3, 0.4) is 0 Å². The van der Waals surface area contributed by atoms with Crippen LogP contribution < -0.4 is 10.5 Å². The minimum absolute atomic E-state index is 0.00566. The maximum atomic E-state index is 13.1. The molecule has 24 heavy (non-hydrogen) atoms. The Morgan fingerprint density at radius 1 is 1.38 bits per heavy atom. The van der Waals surface area contributed by atoms with Gasteiger partial charge in [-0.25, -0.2) is 0 Å². The van der Waals surface area contributed by atoms with Crippen molar-refractivity contribution in [3.63, 3.8) is 0 Å². The molecule has 2 rings (SSSR count). The van der Waals surface area contributed by atoms with E-state index in [-0.39, 0.29) is 29.4 Å². The van der Waals surface area contributed by atoms with Crippen LogP contribution in [0.5, 0.6) is 5.75 Å². The van der Waals surface area contributed by atoms with Crippen LogP contribution >= 0.6 is 11.6 Å². The van der Waals surface area contributed by atoms with Crippen LogP contribution in [-0.4, -0.2) is 18.5 Å². The molecule has 2 N–H and O–H groups in total. The molecular weight excluding hydrogens is 347 g/mol. The Morgan fingerprint density at radius 2 is 2.08 bits per heavy atom. The van der Waals surface area contributed by atoms with Gasteiger partial charge in [-0.3, -0.25) is 4.79 Å². The van der Waals surface area contributed by atoms with Crippen molar-refractivity contribution in [3.05, 3.63) is 46.8 Å². The molecule has 1 unspecified atom stereocenters. The van der Waals surface area contributed by atoms with Crippen LogP contribution in [0.25, 0.3) is 5.57 Å². The number of Topliss-reactive ketones (excluding diaryl/α,β-unsaturated/α-hetero) is 1. The normalized spacial score (nSPS) is 18.4. The third-order valence-electron chi connectivity index (χ3n) is 3.25. The predicted molar refractivity (Wildman–Crippen MR) is 83.2 cm³/mol. The lowest BCUT2D eigenvalue weighted by Crippen LogP contribution is -2.15. The van der Waals surface area contributed by atoms with Gasteiger partial charge in [0.1, 0.15) is 5.75 Å². The fourth-order valence-corrected chi connectivity index (χ4v) is 2.33. The third-order valence-corrected chi connectivity index (χ3v) is 3.39. The Hall–Kier alpha value is -2.15. The zero-order valence-corrected chi connectivity index (χ0v) is 13.4. The fraction of sp³-hybridized carbons (Fsp3) is 0.312. The Balaban J connectivity index is 2.49. The number of ether oxygens (including phenoxy) is 2. The number of rotatable bonds is 5. The molecule has 1 atom stereocenters. The van der Waals surface area contributed by atoms with Crippen LogP contribution in [0.2, 0.25) is 0 Å². The topological polar surface area (TPSA) is 61.6 Å². The van der Waals surface area contributed by atoms with Gasteiger partial charge in [0.25, 0.3) is 0 Å². The maximum absolute atomic E-state index is 13.1. The van der Waals surface area contributed by atoms with E-state index >= 15 is 0 Å². The van der Waals surface area contributed by atoms with Crippen LogP contribution in [0.15, 0.2) is 35.7 Å². The number of carbonyl (C=O) groups is 1. The summed E-state index contributed by atoms with van der Waals surface area (Å²) >= 11 is 5.41. The molecule has 0 bridgehead atoms. The van der Waals surface area contributed by atoms with E-state index in [1.54, 1.807) is 0 Å². The van der Waals surface area contributed by atoms with E-state index in [4.69, 9.17) is 26.8 Å². The van der Waals surface area contributed by atoms with Gasteiger partial charge in [-0.15, -0.1) is 0 Å². The second-order valence-corrected chi connectivity index (χ2v) is 5.30. The van der Waals surface area contributed by atoms with Crippen LogP contribution in [0.4, 0.5) is 13.2 Å². The molecule has 4 nitrogen and oxygen atoms in total. The highest BCUT2D eigenvalue weighted by Gasteiger charge is 2.36. The Labute approximate surface area is 141 Å². The molecule has 1 aliphatic rings. The number of benzene rings is 1. The minimum Gasteiger partial charge on any atom is -0.494 e.